The first-order valence-corrected chi connectivity index (χ1v) is 4.40. The van der Waals surface area contributed by atoms with Crippen molar-refractivity contribution in [3.8, 4) is 0 Å². The quantitative estimate of drug-likeness (QED) is 0.247. The molecule has 0 amide bonds. The Morgan fingerprint density at radius 3 is 1.67 bits per heavy atom. The van der Waals surface area contributed by atoms with Gasteiger partial charge in [-0.2, -0.15) is 16.8 Å². The second-order valence-electron chi connectivity index (χ2n) is 1.05. The average Bonchev–Trinajstić information content (AvgIpc) is 1.83. The van der Waals surface area contributed by atoms with Gasteiger partial charge >= 0.3 is 72.2 Å². The number of hydrogen-bond acceptors (Lipinski definition) is 8. The molecule has 0 spiro atoms. The summed E-state index contributed by atoms with van der Waals surface area (Å²) in [6, 6.07) is 0. The van der Waals surface area contributed by atoms with Gasteiger partial charge in [0.25, 0.3) is 0 Å². The molecule has 0 saturated carbocycles. The summed E-state index contributed by atoms with van der Waals surface area (Å²) >= 11 is 0. The predicted octanol–water partition coefficient (Wildman–Crippen LogP) is -2.18. The first kappa shape index (κ1) is 15.8. The molecule has 0 aromatic rings. The van der Waals surface area contributed by atoms with Gasteiger partial charge in [-0.25, -0.2) is 5.26 Å². The maximum atomic E-state index is 9.85. The second-order valence-corrected chi connectivity index (χ2v) is 3.14. The summed E-state index contributed by atoms with van der Waals surface area (Å²) in [5.41, 5.74) is 0. The molecule has 12 heavy (non-hydrogen) atoms. The summed E-state index contributed by atoms with van der Waals surface area (Å²) in [5, 5.41) is 7.42. The van der Waals surface area contributed by atoms with Crippen molar-refractivity contribution in [3.63, 3.8) is 0 Å². The Kier molecular flexibility index (Phi) is 7.82. The zero-order chi connectivity index (χ0) is 9.12. The van der Waals surface area contributed by atoms with Crippen LogP contribution in [0.4, 0.5) is 0 Å². The Hall–Kier alpha value is 1.34. The van der Waals surface area contributed by atoms with Gasteiger partial charge in [0.1, 0.15) is 0 Å². The van der Waals surface area contributed by atoms with E-state index >= 15 is 0 Å². The fourth-order valence-corrected chi connectivity index (χ4v) is 0.659. The van der Waals surface area contributed by atoms with E-state index in [2.05, 4.69) is 13.0 Å². The summed E-state index contributed by atoms with van der Waals surface area (Å²) < 4.78 is 54.9. The van der Waals surface area contributed by atoms with Crippen LogP contribution in [0.3, 0.4) is 0 Å². The van der Waals surface area contributed by atoms with Crippen LogP contribution in [0.1, 0.15) is 0 Å². The van der Waals surface area contributed by atoms with E-state index in [1.807, 2.05) is 0 Å². The molecule has 0 aromatic heterocycles. The van der Waals surface area contributed by atoms with Crippen LogP contribution in [0.2, 0.25) is 0 Å². The molecule has 0 aliphatic carbocycles. The van der Waals surface area contributed by atoms with E-state index in [-0.39, 0.29) is 51.4 Å². The summed E-state index contributed by atoms with van der Waals surface area (Å²) in [5.74, 6) is 0. The third-order valence-electron chi connectivity index (χ3n) is 0.288. The van der Waals surface area contributed by atoms with Crippen LogP contribution in [0.15, 0.2) is 0 Å². The predicted molar refractivity (Wildman–Crippen MR) is 33.5 cm³/mol. The minimum absolute atomic E-state index is 0. The SMILES string of the molecule is O=S(=O)(O)OOS(=O)(=O)OO.[KH]. The Balaban J connectivity index is 0. The van der Waals surface area contributed by atoms with Crippen LogP contribution in [0, 0.1) is 0 Å². The summed E-state index contributed by atoms with van der Waals surface area (Å²) in [6.07, 6.45) is 0. The molecule has 2 N–H and O–H groups in total. The van der Waals surface area contributed by atoms with Gasteiger partial charge in [-0.15, -0.1) is 0 Å². The van der Waals surface area contributed by atoms with Crippen molar-refractivity contribution in [2.45, 2.75) is 0 Å². The minimum atomic E-state index is -5.06. The standard InChI is InChI=1S/K.H2O9S2.H/c;1-7-11(5,6)9-8-10(2,3)4;/h;1H,(H,2,3,4);. The third-order valence-corrected chi connectivity index (χ3v) is 1.03. The van der Waals surface area contributed by atoms with E-state index in [0.717, 1.165) is 0 Å². The molecule has 0 aliphatic heterocycles. The second kappa shape index (κ2) is 5.94. The van der Waals surface area contributed by atoms with Crippen molar-refractivity contribution < 1.29 is 39.6 Å². The zero-order valence-electron chi connectivity index (χ0n) is 4.57. The van der Waals surface area contributed by atoms with Gasteiger partial charge in [0.05, 0.1) is 0 Å². The normalized spacial score (nSPS) is 12.2. The van der Waals surface area contributed by atoms with Crippen molar-refractivity contribution in [3.05, 3.63) is 0 Å². The van der Waals surface area contributed by atoms with Crippen molar-refractivity contribution in [1.82, 2.24) is 0 Å². The fraction of sp³-hybridized carbons (Fsp3) is 0. The molecule has 0 radical (unpaired) electrons. The molecule has 70 valence electrons. The molecule has 0 atom stereocenters. The molecule has 0 heterocycles. The van der Waals surface area contributed by atoms with Gasteiger partial charge in [-0.3, -0.25) is 4.55 Å². The van der Waals surface area contributed by atoms with Crippen LogP contribution in [-0.2, 0) is 33.8 Å². The molecule has 12 heteroatoms. The molecule has 0 aromatic carbocycles. The van der Waals surface area contributed by atoms with E-state index in [1.54, 1.807) is 0 Å². The van der Waals surface area contributed by atoms with Gasteiger partial charge in [0, 0.05) is 0 Å². The summed E-state index contributed by atoms with van der Waals surface area (Å²) in [4.78, 5) is 0. The molecular formula is H3KO9S2. The molecule has 0 fully saturated rings. The fourth-order valence-electron chi connectivity index (χ4n) is 0.0815. The van der Waals surface area contributed by atoms with Gasteiger partial charge in [0.15, 0.2) is 0 Å². The van der Waals surface area contributed by atoms with Gasteiger partial charge in [-0.1, -0.05) is 13.0 Å². The van der Waals surface area contributed by atoms with Crippen LogP contribution in [-0.4, -0.2) is 78.0 Å². The molecule has 0 saturated heterocycles. The van der Waals surface area contributed by atoms with Gasteiger partial charge in [-0.05, 0) is 0 Å². The Morgan fingerprint density at radius 1 is 1.00 bits per heavy atom. The van der Waals surface area contributed by atoms with Crippen LogP contribution < -0.4 is 0 Å². The van der Waals surface area contributed by atoms with E-state index in [1.165, 1.54) is 0 Å². The summed E-state index contributed by atoms with van der Waals surface area (Å²) in [7, 11) is -10.0. The van der Waals surface area contributed by atoms with E-state index in [9.17, 15) is 16.8 Å². The molecule has 0 rings (SSSR count). The number of hydrogen-bond donors (Lipinski definition) is 2. The van der Waals surface area contributed by atoms with E-state index < -0.39 is 20.8 Å². The molecule has 0 unspecified atom stereocenters. The van der Waals surface area contributed by atoms with Gasteiger partial charge in [0.2, 0.25) is 0 Å². The molecular weight excluding hydrogens is 247 g/mol. The van der Waals surface area contributed by atoms with Crippen LogP contribution in [0.5, 0.6) is 0 Å². The summed E-state index contributed by atoms with van der Waals surface area (Å²) in [6.45, 7) is 0. The van der Waals surface area contributed by atoms with Gasteiger partial charge < -0.3 is 0 Å². The van der Waals surface area contributed by atoms with Crippen molar-refractivity contribution in [1.29, 1.82) is 0 Å². The first-order chi connectivity index (χ1) is 4.77. The molecule has 0 aliphatic rings. The monoisotopic (exact) mass is 250 g/mol. The van der Waals surface area contributed by atoms with Crippen LogP contribution in [0.25, 0.3) is 0 Å². The van der Waals surface area contributed by atoms with Crippen LogP contribution >= 0.6 is 0 Å². The van der Waals surface area contributed by atoms with Crippen molar-refractivity contribution in [2.75, 3.05) is 0 Å². The van der Waals surface area contributed by atoms with Crippen molar-refractivity contribution >= 4 is 72.2 Å². The topological polar surface area (TPSA) is 136 Å². The first-order valence-electron chi connectivity index (χ1n) is 1.70. The Labute approximate surface area is 110 Å². The molecule has 9 nitrogen and oxygen atoms in total. The Bertz CT molecular complexity index is 293. The van der Waals surface area contributed by atoms with Crippen molar-refractivity contribution in [2.24, 2.45) is 0 Å². The maximum absolute atomic E-state index is 9.85. The average molecular weight is 250 g/mol. The third kappa shape index (κ3) is 9.42. The zero-order valence-corrected chi connectivity index (χ0v) is 6.20. The van der Waals surface area contributed by atoms with E-state index in [0.29, 0.717) is 0 Å². The molecule has 0 bridgehead atoms. The Morgan fingerprint density at radius 2 is 1.42 bits per heavy atom. The number of rotatable bonds is 4. The van der Waals surface area contributed by atoms with E-state index in [4.69, 9.17) is 9.81 Å².